The van der Waals surface area contributed by atoms with Gasteiger partial charge < -0.3 is 5.32 Å². The molecule has 0 aromatic heterocycles. The fraction of sp³-hybridized carbons (Fsp3) is 0.538. The lowest BCUT2D eigenvalue weighted by atomic mass is 9.91. The average Bonchev–Trinajstić information content (AvgIpc) is 2.37. The van der Waals surface area contributed by atoms with Gasteiger partial charge in [0.2, 0.25) is 10.0 Å². The summed E-state index contributed by atoms with van der Waals surface area (Å²) in [5, 5.41) is 3.66. The normalized spacial score (nSPS) is 24.1. The van der Waals surface area contributed by atoms with E-state index < -0.39 is 10.0 Å². The van der Waals surface area contributed by atoms with E-state index >= 15 is 0 Å². The van der Waals surface area contributed by atoms with Crippen LogP contribution in [0.3, 0.4) is 0 Å². The fourth-order valence-electron chi connectivity index (χ4n) is 2.20. The Balaban J connectivity index is 2.36. The minimum absolute atomic E-state index is 0.198. The van der Waals surface area contributed by atoms with Gasteiger partial charge in [-0.25, -0.2) is 8.42 Å². The van der Waals surface area contributed by atoms with Gasteiger partial charge >= 0.3 is 0 Å². The zero-order chi connectivity index (χ0) is 14.2. The predicted octanol–water partition coefficient (Wildman–Crippen LogP) is 3.05. The number of benzene rings is 1. The maximum absolute atomic E-state index is 12.2. The number of halogens is 1. The van der Waals surface area contributed by atoms with Crippen molar-refractivity contribution in [3.63, 3.8) is 0 Å². The van der Waals surface area contributed by atoms with Crippen molar-refractivity contribution in [1.82, 2.24) is 4.72 Å². The molecule has 3 unspecified atom stereocenters. The van der Waals surface area contributed by atoms with E-state index in [4.69, 9.17) is 11.6 Å². The Morgan fingerprint density at radius 3 is 2.68 bits per heavy atom. The van der Waals surface area contributed by atoms with Crippen molar-refractivity contribution in [2.75, 3.05) is 5.32 Å². The number of nitrogens with one attached hydrogen (secondary N) is 2. The molecular formula is C13H19ClN2O2S. The van der Waals surface area contributed by atoms with Gasteiger partial charge in [-0.15, -0.1) is 0 Å². The minimum Gasteiger partial charge on any atom is -0.368 e. The van der Waals surface area contributed by atoms with E-state index in [0.29, 0.717) is 16.6 Å². The SMILES string of the molecule is CCC(C)C(C)C1Nc2ccc(Cl)cc2S(=O)(=O)N1. The summed E-state index contributed by atoms with van der Waals surface area (Å²) in [7, 11) is -3.50. The third-order valence-corrected chi connectivity index (χ3v) is 5.61. The lowest BCUT2D eigenvalue weighted by Gasteiger charge is -2.34. The Kier molecular flexibility index (Phi) is 4.08. The molecule has 0 bridgehead atoms. The number of fused-ring (bicyclic) bond motifs is 1. The summed E-state index contributed by atoms with van der Waals surface area (Å²) < 4.78 is 27.2. The van der Waals surface area contributed by atoms with Crippen LogP contribution in [0.2, 0.25) is 5.02 Å². The summed E-state index contributed by atoms with van der Waals surface area (Å²) in [6.45, 7) is 6.28. The number of sulfonamides is 1. The molecule has 2 rings (SSSR count). The third kappa shape index (κ3) is 2.88. The summed E-state index contributed by atoms with van der Waals surface area (Å²) in [5.41, 5.74) is 0.614. The van der Waals surface area contributed by atoms with Crippen molar-refractivity contribution >= 4 is 27.3 Å². The maximum Gasteiger partial charge on any atom is 0.244 e. The zero-order valence-electron chi connectivity index (χ0n) is 11.3. The molecule has 3 atom stereocenters. The lowest BCUT2D eigenvalue weighted by Crippen LogP contribution is -2.49. The number of anilines is 1. The molecule has 4 nitrogen and oxygen atoms in total. The average molecular weight is 303 g/mol. The molecule has 0 aliphatic carbocycles. The molecule has 1 heterocycles. The molecular weight excluding hydrogens is 284 g/mol. The molecule has 0 saturated carbocycles. The monoisotopic (exact) mass is 302 g/mol. The summed E-state index contributed by atoms with van der Waals surface area (Å²) in [6, 6.07) is 4.88. The molecule has 0 radical (unpaired) electrons. The standard InChI is InChI=1S/C13H19ClN2O2S/c1-4-8(2)9(3)13-15-11-6-5-10(14)7-12(11)19(17,18)16-13/h5-9,13,15-16H,4H2,1-3H3. The molecule has 1 aromatic carbocycles. The van der Waals surface area contributed by atoms with Gasteiger partial charge in [0.15, 0.2) is 0 Å². The van der Waals surface area contributed by atoms with Crippen molar-refractivity contribution in [1.29, 1.82) is 0 Å². The number of hydrogen-bond acceptors (Lipinski definition) is 3. The van der Waals surface area contributed by atoms with Gasteiger partial charge in [-0.05, 0) is 30.0 Å². The first-order valence-corrected chi connectivity index (χ1v) is 8.29. The van der Waals surface area contributed by atoms with Gasteiger partial charge in [0.1, 0.15) is 4.90 Å². The van der Waals surface area contributed by atoms with Crippen molar-refractivity contribution < 1.29 is 8.42 Å². The Morgan fingerprint density at radius 1 is 1.37 bits per heavy atom. The second kappa shape index (κ2) is 5.31. The maximum atomic E-state index is 12.2. The second-order valence-electron chi connectivity index (χ2n) is 5.13. The highest BCUT2D eigenvalue weighted by atomic mass is 35.5. The molecule has 0 fully saturated rings. The van der Waals surface area contributed by atoms with Crippen LogP contribution in [0, 0.1) is 11.8 Å². The summed E-state index contributed by atoms with van der Waals surface area (Å²) >= 11 is 5.86. The molecule has 1 aliphatic heterocycles. The van der Waals surface area contributed by atoms with Crippen LogP contribution in [0.1, 0.15) is 27.2 Å². The predicted molar refractivity (Wildman–Crippen MR) is 77.8 cm³/mol. The number of hydrogen-bond donors (Lipinski definition) is 2. The van der Waals surface area contributed by atoms with Crippen LogP contribution >= 0.6 is 11.6 Å². The van der Waals surface area contributed by atoms with Crippen LogP contribution < -0.4 is 10.0 Å². The molecule has 19 heavy (non-hydrogen) atoms. The molecule has 6 heteroatoms. The highest BCUT2D eigenvalue weighted by Gasteiger charge is 2.33. The quantitative estimate of drug-likeness (QED) is 0.902. The van der Waals surface area contributed by atoms with Gasteiger partial charge in [-0.2, -0.15) is 4.72 Å². The van der Waals surface area contributed by atoms with Crippen LogP contribution in [0.25, 0.3) is 0 Å². The van der Waals surface area contributed by atoms with Crippen LogP contribution in [0.5, 0.6) is 0 Å². The van der Waals surface area contributed by atoms with E-state index in [-0.39, 0.29) is 17.0 Å². The summed E-state index contributed by atoms with van der Waals surface area (Å²) in [6.07, 6.45) is 0.725. The Labute approximate surface area is 119 Å². The van der Waals surface area contributed by atoms with Crippen molar-refractivity contribution in [3.8, 4) is 0 Å². The van der Waals surface area contributed by atoms with E-state index in [9.17, 15) is 8.42 Å². The molecule has 1 aliphatic rings. The Morgan fingerprint density at radius 2 is 2.05 bits per heavy atom. The van der Waals surface area contributed by atoms with Crippen LogP contribution in [0.4, 0.5) is 5.69 Å². The first-order valence-electron chi connectivity index (χ1n) is 6.43. The lowest BCUT2D eigenvalue weighted by molar-refractivity contribution is 0.318. The Hall–Kier alpha value is -0.780. The first kappa shape index (κ1) is 14.6. The van der Waals surface area contributed by atoms with Crippen molar-refractivity contribution in [3.05, 3.63) is 23.2 Å². The van der Waals surface area contributed by atoms with E-state index in [1.807, 2.05) is 0 Å². The van der Waals surface area contributed by atoms with Gasteiger partial charge in [0, 0.05) is 5.02 Å². The van der Waals surface area contributed by atoms with Crippen LogP contribution in [-0.2, 0) is 10.0 Å². The van der Waals surface area contributed by atoms with Gasteiger partial charge in [-0.1, -0.05) is 38.8 Å². The second-order valence-corrected chi connectivity index (χ2v) is 7.25. The van der Waals surface area contributed by atoms with Gasteiger partial charge in [-0.3, -0.25) is 0 Å². The molecule has 2 N–H and O–H groups in total. The Bertz CT molecular complexity index is 574. The molecule has 1 aromatic rings. The van der Waals surface area contributed by atoms with Gasteiger partial charge in [0.25, 0.3) is 0 Å². The zero-order valence-corrected chi connectivity index (χ0v) is 12.8. The van der Waals surface area contributed by atoms with Crippen molar-refractivity contribution in [2.45, 2.75) is 38.3 Å². The molecule has 106 valence electrons. The molecule has 0 saturated heterocycles. The van der Waals surface area contributed by atoms with Crippen LogP contribution in [0.15, 0.2) is 23.1 Å². The summed E-state index contributed by atoms with van der Waals surface area (Å²) in [5.74, 6) is 0.623. The third-order valence-electron chi connectivity index (χ3n) is 3.89. The molecule has 0 amide bonds. The van der Waals surface area contributed by atoms with Crippen molar-refractivity contribution in [2.24, 2.45) is 11.8 Å². The van der Waals surface area contributed by atoms with E-state index in [1.54, 1.807) is 12.1 Å². The first-order chi connectivity index (χ1) is 8.85. The highest BCUT2D eigenvalue weighted by molar-refractivity contribution is 7.89. The van der Waals surface area contributed by atoms with E-state index in [2.05, 4.69) is 30.8 Å². The summed E-state index contributed by atoms with van der Waals surface area (Å²) in [4.78, 5) is 0.215. The minimum atomic E-state index is -3.50. The molecule has 0 spiro atoms. The smallest absolute Gasteiger partial charge is 0.244 e. The van der Waals surface area contributed by atoms with E-state index in [1.165, 1.54) is 6.07 Å². The highest BCUT2D eigenvalue weighted by Crippen LogP contribution is 2.32. The van der Waals surface area contributed by atoms with E-state index in [0.717, 1.165) is 6.42 Å². The fourth-order valence-corrected chi connectivity index (χ4v) is 3.87. The van der Waals surface area contributed by atoms with Crippen LogP contribution in [-0.4, -0.2) is 14.6 Å². The number of rotatable bonds is 3. The topological polar surface area (TPSA) is 58.2 Å². The largest absolute Gasteiger partial charge is 0.368 e. The van der Waals surface area contributed by atoms with Gasteiger partial charge in [0.05, 0.1) is 11.9 Å².